The number of aromatic nitrogens is 3. The van der Waals surface area contributed by atoms with E-state index in [1.807, 2.05) is 61.9 Å². The van der Waals surface area contributed by atoms with E-state index in [2.05, 4.69) is 48.4 Å². The molecular formula is C24H30N4O2S. The Morgan fingerprint density at radius 1 is 1.13 bits per heavy atom. The van der Waals surface area contributed by atoms with Gasteiger partial charge in [-0.2, -0.15) is 0 Å². The molecule has 6 nitrogen and oxygen atoms in total. The molecule has 7 heteroatoms. The second-order valence-electron chi connectivity index (χ2n) is 8.59. The average Bonchev–Trinajstić information content (AvgIpc) is 3.08. The van der Waals surface area contributed by atoms with E-state index in [0.717, 1.165) is 17.0 Å². The number of ether oxygens (including phenoxy) is 1. The Balaban J connectivity index is 1.59. The molecule has 0 spiro atoms. The van der Waals surface area contributed by atoms with Gasteiger partial charge in [0, 0.05) is 12.7 Å². The summed E-state index contributed by atoms with van der Waals surface area (Å²) in [6.45, 7) is 10.5. The van der Waals surface area contributed by atoms with Gasteiger partial charge in [-0.05, 0) is 48.6 Å². The molecule has 3 rings (SSSR count). The van der Waals surface area contributed by atoms with Crippen LogP contribution in [0.3, 0.4) is 0 Å². The third kappa shape index (κ3) is 5.88. The number of rotatable bonds is 7. The number of carbonyl (C=O) groups excluding carboxylic acids is 1. The molecule has 1 aromatic heterocycles. The van der Waals surface area contributed by atoms with Crippen molar-refractivity contribution in [1.82, 2.24) is 14.8 Å². The lowest BCUT2D eigenvalue weighted by Gasteiger charge is -2.20. The van der Waals surface area contributed by atoms with Crippen molar-refractivity contribution < 1.29 is 9.53 Å². The van der Waals surface area contributed by atoms with Crippen molar-refractivity contribution in [3.05, 3.63) is 65.5 Å². The zero-order chi connectivity index (χ0) is 22.6. The number of benzene rings is 2. The minimum atomic E-state index is -0.270. The highest BCUT2D eigenvalue weighted by molar-refractivity contribution is 7.99. The van der Waals surface area contributed by atoms with Gasteiger partial charge in [-0.25, -0.2) is 0 Å². The molecule has 0 aliphatic carbocycles. The maximum Gasteiger partial charge on any atom is 0.234 e. The second kappa shape index (κ2) is 9.56. The molecule has 0 saturated carbocycles. The molecule has 1 N–H and O–H groups in total. The van der Waals surface area contributed by atoms with Gasteiger partial charge in [-0.3, -0.25) is 4.79 Å². The van der Waals surface area contributed by atoms with Crippen LogP contribution in [0, 0.1) is 6.92 Å². The van der Waals surface area contributed by atoms with E-state index in [1.165, 1.54) is 17.3 Å². The number of hydrogen-bond acceptors (Lipinski definition) is 5. The summed E-state index contributed by atoms with van der Waals surface area (Å²) in [6.07, 6.45) is -0.270. The summed E-state index contributed by atoms with van der Waals surface area (Å²) in [5, 5.41) is 12.1. The van der Waals surface area contributed by atoms with Crippen LogP contribution in [0.25, 0.3) is 0 Å². The molecule has 1 heterocycles. The number of anilines is 1. The summed E-state index contributed by atoms with van der Waals surface area (Å²) in [5.74, 6) is 1.67. The van der Waals surface area contributed by atoms with Gasteiger partial charge in [-0.15, -0.1) is 10.2 Å². The summed E-state index contributed by atoms with van der Waals surface area (Å²) < 4.78 is 7.94. The summed E-state index contributed by atoms with van der Waals surface area (Å²) >= 11 is 1.35. The maximum atomic E-state index is 12.3. The molecule has 1 unspecified atom stereocenters. The highest BCUT2D eigenvalue weighted by Crippen LogP contribution is 2.27. The van der Waals surface area contributed by atoms with Gasteiger partial charge < -0.3 is 14.6 Å². The molecule has 164 valence electrons. The van der Waals surface area contributed by atoms with E-state index in [9.17, 15) is 4.79 Å². The van der Waals surface area contributed by atoms with Gasteiger partial charge >= 0.3 is 0 Å². The largest absolute Gasteiger partial charge is 0.483 e. The fraction of sp³-hybridized carbons (Fsp3) is 0.375. The maximum absolute atomic E-state index is 12.3. The zero-order valence-corrected chi connectivity index (χ0v) is 19.8. The number of thioether (sulfide) groups is 1. The molecule has 1 amide bonds. The molecule has 1 atom stereocenters. The number of carbonyl (C=O) groups is 1. The number of nitrogens with zero attached hydrogens (tertiary/aromatic N) is 3. The fourth-order valence-corrected chi connectivity index (χ4v) is 3.84. The van der Waals surface area contributed by atoms with Gasteiger partial charge in [0.2, 0.25) is 5.91 Å². The van der Waals surface area contributed by atoms with Crippen LogP contribution >= 0.6 is 11.8 Å². The fourth-order valence-electron chi connectivity index (χ4n) is 3.13. The van der Waals surface area contributed by atoms with Gasteiger partial charge in [-0.1, -0.05) is 62.9 Å². The zero-order valence-electron chi connectivity index (χ0n) is 19.0. The van der Waals surface area contributed by atoms with E-state index >= 15 is 0 Å². The van der Waals surface area contributed by atoms with E-state index in [4.69, 9.17) is 4.74 Å². The summed E-state index contributed by atoms with van der Waals surface area (Å²) in [7, 11) is 1.89. The van der Waals surface area contributed by atoms with E-state index in [0.29, 0.717) is 11.0 Å². The lowest BCUT2D eigenvalue weighted by atomic mass is 9.87. The minimum Gasteiger partial charge on any atom is -0.483 e. The summed E-state index contributed by atoms with van der Waals surface area (Å²) in [6, 6.07) is 15.9. The molecule has 0 fully saturated rings. The van der Waals surface area contributed by atoms with Crippen molar-refractivity contribution in [2.75, 3.05) is 11.1 Å². The van der Waals surface area contributed by atoms with Crippen molar-refractivity contribution in [3.63, 3.8) is 0 Å². The van der Waals surface area contributed by atoms with Crippen molar-refractivity contribution in [2.45, 2.75) is 51.3 Å². The molecule has 0 aliphatic heterocycles. The van der Waals surface area contributed by atoms with Crippen LogP contribution < -0.4 is 10.1 Å². The van der Waals surface area contributed by atoms with Crippen LogP contribution in [0.1, 0.15) is 50.8 Å². The van der Waals surface area contributed by atoms with Crippen LogP contribution in [-0.4, -0.2) is 26.4 Å². The predicted molar refractivity (Wildman–Crippen MR) is 126 cm³/mol. The van der Waals surface area contributed by atoms with Gasteiger partial charge in [0.25, 0.3) is 0 Å². The quantitative estimate of drug-likeness (QED) is 0.508. The minimum absolute atomic E-state index is 0.0768. The number of para-hydroxylation sites is 1. The second-order valence-corrected chi connectivity index (χ2v) is 9.53. The van der Waals surface area contributed by atoms with Crippen LogP contribution in [0.15, 0.2) is 53.7 Å². The molecule has 0 saturated heterocycles. The number of nitrogens with one attached hydrogen (secondary N) is 1. The molecule has 2 aromatic carbocycles. The van der Waals surface area contributed by atoms with Gasteiger partial charge in [0.05, 0.1) is 5.75 Å². The van der Waals surface area contributed by atoms with E-state index in [1.54, 1.807) is 0 Å². The standard InChI is InChI=1S/C24H30N4O2S/c1-16-9-7-8-10-20(16)25-21(29)15-31-23-27-26-22(28(23)6)17(2)30-19-13-11-18(12-14-19)24(3,4)5/h7-14,17H,15H2,1-6H3,(H,25,29). The topological polar surface area (TPSA) is 69.0 Å². The van der Waals surface area contributed by atoms with Gasteiger partial charge in [0.1, 0.15) is 5.75 Å². The molecule has 3 aromatic rings. The third-order valence-corrected chi connectivity index (χ3v) is 6.04. The Morgan fingerprint density at radius 2 is 1.81 bits per heavy atom. The van der Waals surface area contributed by atoms with E-state index < -0.39 is 0 Å². The number of amides is 1. The van der Waals surface area contributed by atoms with Crippen LogP contribution in [0.4, 0.5) is 5.69 Å². The highest BCUT2D eigenvalue weighted by atomic mass is 32.2. The predicted octanol–water partition coefficient (Wildman–Crippen LogP) is 5.29. The first kappa shape index (κ1) is 22.9. The van der Waals surface area contributed by atoms with Gasteiger partial charge in [0.15, 0.2) is 17.1 Å². The molecular weight excluding hydrogens is 408 g/mol. The SMILES string of the molecule is Cc1ccccc1NC(=O)CSc1nnc(C(C)Oc2ccc(C(C)(C)C)cc2)n1C. The Kier molecular flexibility index (Phi) is 7.05. The Bertz CT molecular complexity index is 1040. The number of hydrogen-bond donors (Lipinski definition) is 1. The van der Waals surface area contributed by atoms with Crippen molar-refractivity contribution >= 4 is 23.4 Å². The molecule has 31 heavy (non-hydrogen) atoms. The molecule has 0 radical (unpaired) electrons. The van der Waals surface area contributed by atoms with Crippen molar-refractivity contribution in [3.8, 4) is 5.75 Å². The van der Waals surface area contributed by atoms with Crippen molar-refractivity contribution in [2.24, 2.45) is 7.05 Å². The first-order valence-electron chi connectivity index (χ1n) is 10.3. The third-order valence-electron chi connectivity index (χ3n) is 5.02. The Hall–Kier alpha value is -2.80. The molecule has 0 aliphatic rings. The lowest BCUT2D eigenvalue weighted by Crippen LogP contribution is -2.15. The first-order chi connectivity index (χ1) is 14.6. The Morgan fingerprint density at radius 3 is 2.45 bits per heavy atom. The number of aryl methyl sites for hydroxylation is 1. The smallest absolute Gasteiger partial charge is 0.234 e. The van der Waals surface area contributed by atoms with Crippen LogP contribution in [0.5, 0.6) is 5.75 Å². The normalized spacial score (nSPS) is 12.5. The summed E-state index contributed by atoms with van der Waals surface area (Å²) in [5.41, 5.74) is 3.22. The van der Waals surface area contributed by atoms with Crippen molar-refractivity contribution in [1.29, 1.82) is 0 Å². The average molecular weight is 439 g/mol. The van der Waals surface area contributed by atoms with Crippen LogP contribution in [-0.2, 0) is 17.3 Å². The first-order valence-corrected chi connectivity index (χ1v) is 11.3. The Labute approximate surface area is 188 Å². The summed E-state index contributed by atoms with van der Waals surface area (Å²) in [4.78, 5) is 12.3. The molecule has 0 bridgehead atoms. The lowest BCUT2D eigenvalue weighted by molar-refractivity contribution is -0.113. The van der Waals surface area contributed by atoms with E-state index in [-0.39, 0.29) is 23.2 Å². The van der Waals surface area contributed by atoms with Crippen LogP contribution in [0.2, 0.25) is 0 Å². The highest BCUT2D eigenvalue weighted by Gasteiger charge is 2.19. The monoisotopic (exact) mass is 438 g/mol.